The molecule has 3 unspecified atom stereocenters. The lowest BCUT2D eigenvalue weighted by molar-refractivity contribution is -0.132. The molecule has 2 fully saturated rings. The molecule has 132 valence electrons. The number of carbonyl (C=O) groups excluding carboxylic acids is 2. The molecule has 5 nitrogen and oxygen atoms in total. The van der Waals surface area contributed by atoms with Gasteiger partial charge in [0.15, 0.2) is 0 Å². The fourth-order valence-electron chi connectivity index (χ4n) is 4.23. The van der Waals surface area contributed by atoms with Gasteiger partial charge in [-0.25, -0.2) is 0 Å². The highest BCUT2D eigenvalue weighted by molar-refractivity contribution is 5.88. The van der Waals surface area contributed by atoms with E-state index in [1.54, 1.807) is 12.1 Å². The van der Waals surface area contributed by atoms with Crippen molar-refractivity contribution in [3.8, 4) is 0 Å². The standard InChI is InChI=1S/C18H25N3O2.ClH/c19-15-12-7-4-8-13(15)10-14(9-12)18(23)21-16(17(20)22)11-5-2-1-3-6-11;/h1-3,5-6,12-16H,4,7-10,19H2,(H2,20,22)(H,21,23);1H. The normalized spacial score (nSPS) is 29.9. The molecule has 0 heterocycles. The molecule has 3 atom stereocenters. The fraction of sp³-hybridized carbons (Fsp3) is 0.556. The number of nitrogens with one attached hydrogen (secondary N) is 1. The van der Waals surface area contributed by atoms with Crippen molar-refractivity contribution in [2.75, 3.05) is 0 Å². The number of hydrogen-bond donors (Lipinski definition) is 3. The number of hydrogen-bond acceptors (Lipinski definition) is 3. The Bertz CT molecular complexity index is 567. The van der Waals surface area contributed by atoms with Crippen LogP contribution in [0.2, 0.25) is 0 Å². The summed E-state index contributed by atoms with van der Waals surface area (Å²) in [6.45, 7) is 0. The van der Waals surface area contributed by atoms with Crippen molar-refractivity contribution in [1.82, 2.24) is 5.32 Å². The van der Waals surface area contributed by atoms with Crippen LogP contribution in [0.1, 0.15) is 43.7 Å². The van der Waals surface area contributed by atoms with Crippen molar-refractivity contribution in [2.24, 2.45) is 29.2 Å². The van der Waals surface area contributed by atoms with Crippen LogP contribution in [0, 0.1) is 17.8 Å². The maximum Gasteiger partial charge on any atom is 0.244 e. The number of primary amides is 1. The molecule has 2 aliphatic rings. The van der Waals surface area contributed by atoms with Gasteiger partial charge in [0.1, 0.15) is 6.04 Å². The lowest BCUT2D eigenvalue weighted by Crippen LogP contribution is -2.50. The molecule has 0 aliphatic heterocycles. The summed E-state index contributed by atoms with van der Waals surface area (Å²) in [7, 11) is 0. The summed E-state index contributed by atoms with van der Waals surface area (Å²) in [5.74, 6) is 0.207. The van der Waals surface area contributed by atoms with E-state index in [-0.39, 0.29) is 30.3 Å². The first-order chi connectivity index (χ1) is 11.1. The Balaban J connectivity index is 0.00000208. The van der Waals surface area contributed by atoms with Gasteiger partial charge in [0.25, 0.3) is 0 Å². The van der Waals surface area contributed by atoms with Crippen LogP contribution in [0.3, 0.4) is 0 Å². The summed E-state index contributed by atoms with van der Waals surface area (Å²) in [5.41, 5.74) is 12.5. The minimum Gasteiger partial charge on any atom is -0.368 e. The van der Waals surface area contributed by atoms with Crippen molar-refractivity contribution in [1.29, 1.82) is 0 Å². The van der Waals surface area contributed by atoms with Gasteiger partial charge in [-0.05, 0) is 43.1 Å². The third-order valence-electron chi connectivity index (χ3n) is 5.49. The van der Waals surface area contributed by atoms with Crippen molar-refractivity contribution in [2.45, 2.75) is 44.2 Å². The number of carbonyl (C=O) groups is 2. The highest BCUT2D eigenvalue weighted by atomic mass is 35.5. The summed E-state index contributed by atoms with van der Waals surface area (Å²) in [6, 6.07) is 8.62. The number of nitrogens with two attached hydrogens (primary N) is 2. The first-order valence-electron chi connectivity index (χ1n) is 8.46. The summed E-state index contributed by atoms with van der Waals surface area (Å²) in [5, 5.41) is 2.85. The molecule has 2 amide bonds. The SMILES string of the molecule is Cl.NC(=O)C(NC(=O)C1CC2CCCC(C1)C2N)c1ccccc1. The van der Waals surface area contributed by atoms with Crippen LogP contribution < -0.4 is 16.8 Å². The van der Waals surface area contributed by atoms with E-state index < -0.39 is 11.9 Å². The van der Waals surface area contributed by atoms with Crippen LogP contribution in [0.15, 0.2) is 30.3 Å². The average Bonchev–Trinajstić information content (AvgIpc) is 2.52. The Hall–Kier alpha value is -1.59. The van der Waals surface area contributed by atoms with E-state index >= 15 is 0 Å². The Labute approximate surface area is 149 Å². The third-order valence-corrected chi connectivity index (χ3v) is 5.49. The summed E-state index contributed by atoms with van der Waals surface area (Å²) in [4.78, 5) is 24.4. The van der Waals surface area contributed by atoms with E-state index in [0.717, 1.165) is 31.2 Å². The van der Waals surface area contributed by atoms with Crippen molar-refractivity contribution >= 4 is 24.2 Å². The second-order valence-corrected chi connectivity index (χ2v) is 6.95. The topological polar surface area (TPSA) is 98.2 Å². The molecule has 0 aromatic heterocycles. The Morgan fingerprint density at radius 3 is 2.21 bits per heavy atom. The Kier molecular flexibility index (Phi) is 6.24. The molecule has 5 N–H and O–H groups in total. The van der Waals surface area contributed by atoms with Crippen LogP contribution in [0.4, 0.5) is 0 Å². The maximum atomic E-state index is 12.7. The zero-order chi connectivity index (χ0) is 16.4. The number of rotatable bonds is 4. The van der Waals surface area contributed by atoms with E-state index in [1.807, 2.05) is 18.2 Å². The van der Waals surface area contributed by atoms with Crippen LogP contribution >= 0.6 is 12.4 Å². The second-order valence-electron chi connectivity index (χ2n) is 6.95. The van der Waals surface area contributed by atoms with Gasteiger partial charge >= 0.3 is 0 Å². The number of halogens is 1. The quantitative estimate of drug-likeness (QED) is 0.772. The van der Waals surface area contributed by atoms with E-state index in [1.165, 1.54) is 6.42 Å². The lowest BCUT2D eigenvalue weighted by atomic mass is 9.65. The predicted molar refractivity (Wildman–Crippen MR) is 95.3 cm³/mol. The first-order valence-corrected chi connectivity index (χ1v) is 8.46. The summed E-state index contributed by atoms with van der Waals surface area (Å²) in [6.07, 6.45) is 5.08. The molecule has 1 aromatic rings. The first kappa shape index (κ1) is 18.7. The van der Waals surface area contributed by atoms with Gasteiger partial charge < -0.3 is 16.8 Å². The maximum absolute atomic E-state index is 12.7. The molecule has 0 saturated heterocycles. The fourth-order valence-corrected chi connectivity index (χ4v) is 4.23. The molecule has 3 rings (SSSR count). The molecule has 1 aromatic carbocycles. The monoisotopic (exact) mass is 351 g/mol. The van der Waals surface area contributed by atoms with Crippen LogP contribution in [0.5, 0.6) is 0 Å². The molecule has 6 heteroatoms. The second kappa shape index (κ2) is 7.99. The molecule has 24 heavy (non-hydrogen) atoms. The van der Waals surface area contributed by atoms with Gasteiger partial charge in [-0.1, -0.05) is 36.8 Å². The number of amides is 2. The van der Waals surface area contributed by atoms with Crippen LogP contribution in [-0.2, 0) is 9.59 Å². The van der Waals surface area contributed by atoms with Crippen molar-refractivity contribution in [3.05, 3.63) is 35.9 Å². The van der Waals surface area contributed by atoms with Crippen LogP contribution in [0.25, 0.3) is 0 Å². The highest BCUT2D eigenvalue weighted by Gasteiger charge is 2.41. The minimum atomic E-state index is -0.765. The van der Waals surface area contributed by atoms with Gasteiger partial charge in [-0.15, -0.1) is 12.4 Å². The third kappa shape index (κ3) is 3.90. The molecule has 2 bridgehead atoms. The van der Waals surface area contributed by atoms with Gasteiger partial charge in [0.05, 0.1) is 0 Å². The summed E-state index contributed by atoms with van der Waals surface area (Å²) >= 11 is 0. The van der Waals surface area contributed by atoms with E-state index in [9.17, 15) is 9.59 Å². The molecule has 2 aliphatic carbocycles. The van der Waals surface area contributed by atoms with E-state index in [0.29, 0.717) is 11.8 Å². The van der Waals surface area contributed by atoms with Crippen LogP contribution in [-0.4, -0.2) is 17.9 Å². The van der Waals surface area contributed by atoms with E-state index in [2.05, 4.69) is 5.32 Å². The van der Waals surface area contributed by atoms with Gasteiger partial charge in [-0.2, -0.15) is 0 Å². The molecule has 0 spiro atoms. The largest absolute Gasteiger partial charge is 0.368 e. The Morgan fingerprint density at radius 2 is 1.67 bits per heavy atom. The van der Waals surface area contributed by atoms with Gasteiger partial charge in [0, 0.05) is 12.0 Å². The average molecular weight is 352 g/mol. The molecular formula is C18H26ClN3O2. The number of benzene rings is 1. The predicted octanol–water partition coefficient (Wildman–Crippen LogP) is 1.90. The van der Waals surface area contributed by atoms with Crippen molar-refractivity contribution in [3.63, 3.8) is 0 Å². The highest BCUT2D eigenvalue weighted by Crippen LogP contribution is 2.42. The number of fused-ring (bicyclic) bond motifs is 2. The zero-order valence-corrected chi connectivity index (χ0v) is 14.5. The Morgan fingerprint density at radius 1 is 1.08 bits per heavy atom. The minimum absolute atomic E-state index is 0. The van der Waals surface area contributed by atoms with Crippen molar-refractivity contribution < 1.29 is 9.59 Å². The molecule has 2 saturated carbocycles. The van der Waals surface area contributed by atoms with Gasteiger partial charge in [0.2, 0.25) is 11.8 Å². The molecule has 0 radical (unpaired) electrons. The zero-order valence-electron chi connectivity index (χ0n) is 13.7. The molecular weight excluding hydrogens is 326 g/mol. The lowest BCUT2D eigenvalue weighted by Gasteiger charge is -2.43. The van der Waals surface area contributed by atoms with Gasteiger partial charge in [-0.3, -0.25) is 9.59 Å². The summed E-state index contributed by atoms with van der Waals surface area (Å²) < 4.78 is 0. The van der Waals surface area contributed by atoms with E-state index in [4.69, 9.17) is 11.5 Å². The smallest absolute Gasteiger partial charge is 0.244 e.